The van der Waals surface area contributed by atoms with Crippen LogP contribution < -0.4 is 0 Å². The first kappa shape index (κ1) is 21.8. The Labute approximate surface area is 163 Å². The maximum absolute atomic E-state index is 14.2. The molecular formula is C24H34F2O. The standard InChI is InChI=1S/C24H34F2O/c1-3-5-7-9-21-12-16-23(17-13-21)19-27-24(25,26)18-22-14-10-20(11-15-22)8-6-4-2/h3-5,12-13,16-17,20,22H,2,6-11,14-15,18-19H2,1H3/b5-3+. The molecule has 0 N–H and O–H groups in total. The summed E-state index contributed by atoms with van der Waals surface area (Å²) >= 11 is 0. The second-order valence-corrected chi connectivity index (χ2v) is 7.81. The van der Waals surface area contributed by atoms with E-state index in [1.165, 1.54) is 5.56 Å². The fourth-order valence-electron chi connectivity index (χ4n) is 3.88. The lowest BCUT2D eigenvalue weighted by Gasteiger charge is -2.30. The molecule has 2 rings (SSSR count). The minimum absolute atomic E-state index is 0.0309. The maximum atomic E-state index is 14.2. The lowest BCUT2D eigenvalue weighted by Crippen LogP contribution is -2.27. The van der Waals surface area contributed by atoms with E-state index in [9.17, 15) is 8.78 Å². The second-order valence-electron chi connectivity index (χ2n) is 7.81. The van der Waals surface area contributed by atoms with Crippen LogP contribution in [0.1, 0.15) is 69.4 Å². The van der Waals surface area contributed by atoms with Gasteiger partial charge in [-0.2, -0.15) is 8.78 Å². The molecule has 0 radical (unpaired) electrons. The van der Waals surface area contributed by atoms with Crippen molar-refractivity contribution >= 4 is 0 Å². The summed E-state index contributed by atoms with van der Waals surface area (Å²) in [5, 5.41) is 0. The van der Waals surface area contributed by atoms with Crippen LogP contribution in [-0.2, 0) is 17.8 Å². The summed E-state index contributed by atoms with van der Waals surface area (Å²) in [6.07, 6.45) is 11.0. The summed E-state index contributed by atoms with van der Waals surface area (Å²) in [4.78, 5) is 0. The molecule has 0 spiro atoms. The quantitative estimate of drug-likeness (QED) is 0.364. The number of ether oxygens (including phenoxy) is 1. The molecule has 0 atom stereocenters. The molecule has 1 fully saturated rings. The van der Waals surface area contributed by atoms with Crippen LogP contribution >= 0.6 is 0 Å². The predicted octanol–water partition coefficient (Wildman–Crippen LogP) is 7.47. The molecule has 1 aliphatic carbocycles. The van der Waals surface area contributed by atoms with Gasteiger partial charge in [0.2, 0.25) is 0 Å². The summed E-state index contributed by atoms with van der Waals surface area (Å²) in [6, 6.07) is 7.80. The van der Waals surface area contributed by atoms with Crippen molar-refractivity contribution in [2.75, 3.05) is 0 Å². The molecule has 3 heteroatoms. The van der Waals surface area contributed by atoms with Crippen molar-refractivity contribution in [3.8, 4) is 0 Å². The Morgan fingerprint density at radius 3 is 2.30 bits per heavy atom. The molecule has 1 aromatic carbocycles. The average Bonchev–Trinajstić information content (AvgIpc) is 2.67. The molecule has 0 aromatic heterocycles. The van der Waals surface area contributed by atoms with Crippen LogP contribution in [0.25, 0.3) is 0 Å². The summed E-state index contributed by atoms with van der Waals surface area (Å²) in [5.41, 5.74) is 2.02. The Bertz CT molecular complexity index is 569. The third-order valence-electron chi connectivity index (χ3n) is 5.58. The first-order valence-corrected chi connectivity index (χ1v) is 10.3. The van der Waals surface area contributed by atoms with Crippen LogP contribution in [0.4, 0.5) is 8.78 Å². The highest BCUT2D eigenvalue weighted by Gasteiger charge is 2.35. The molecule has 0 bridgehead atoms. The largest absolute Gasteiger partial charge is 0.356 e. The highest BCUT2D eigenvalue weighted by molar-refractivity contribution is 5.22. The lowest BCUT2D eigenvalue weighted by atomic mass is 9.78. The van der Waals surface area contributed by atoms with Crippen LogP contribution in [0.2, 0.25) is 0 Å². The van der Waals surface area contributed by atoms with Gasteiger partial charge in [-0.1, -0.05) is 55.3 Å². The second kappa shape index (κ2) is 11.4. The molecular weight excluding hydrogens is 342 g/mol. The van der Waals surface area contributed by atoms with Gasteiger partial charge in [-0.25, -0.2) is 0 Å². The van der Waals surface area contributed by atoms with E-state index >= 15 is 0 Å². The zero-order valence-corrected chi connectivity index (χ0v) is 16.6. The zero-order chi connectivity index (χ0) is 19.5. The Morgan fingerprint density at radius 2 is 1.67 bits per heavy atom. The number of halogens is 2. The molecule has 1 aromatic rings. The van der Waals surface area contributed by atoms with Crippen molar-refractivity contribution in [3.05, 3.63) is 60.2 Å². The van der Waals surface area contributed by atoms with Crippen molar-refractivity contribution in [1.29, 1.82) is 0 Å². The van der Waals surface area contributed by atoms with E-state index in [2.05, 4.69) is 12.7 Å². The number of benzene rings is 1. The van der Waals surface area contributed by atoms with Gasteiger partial charge in [-0.05, 0) is 68.4 Å². The van der Waals surface area contributed by atoms with Gasteiger partial charge in [0.15, 0.2) is 0 Å². The molecule has 150 valence electrons. The van der Waals surface area contributed by atoms with E-state index in [-0.39, 0.29) is 18.9 Å². The van der Waals surface area contributed by atoms with E-state index in [1.807, 2.05) is 43.3 Å². The van der Waals surface area contributed by atoms with Gasteiger partial charge in [0.05, 0.1) is 6.61 Å². The molecule has 0 saturated heterocycles. The van der Waals surface area contributed by atoms with Gasteiger partial charge in [-0.15, -0.1) is 6.58 Å². The zero-order valence-electron chi connectivity index (χ0n) is 16.6. The molecule has 1 nitrogen and oxygen atoms in total. The summed E-state index contributed by atoms with van der Waals surface area (Å²) in [5.74, 6) is 0.758. The monoisotopic (exact) mass is 376 g/mol. The smallest absolute Gasteiger partial charge is 0.316 e. The number of allylic oxidation sites excluding steroid dienone is 3. The van der Waals surface area contributed by atoms with Gasteiger partial charge < -0.3 is 4.74 Å². The first-order chi connectivity index (χ1) is 13.0. The summed E-state index contributed by atoms with van der Waals surface area (Å²) in [7, 11) is 0. The van der Waals surface area contributed by atoms with Crippen LogP contribution in [0.15, 0.2) is 49.1 Å². The van der Waals surface area contributed by atoms with E-state index in [0.717, 1.165) is 56.9 Å². The van der Waals surface area contributed by atoms with Crippen LogP contribution in [0, 0.1) is 11.8 Å². The average molecular weight is 377 g/mol. The Kier molecular flexibility index (Phi) is 9.20. The summed E-state index contributed by atoms with van der Waals surface area (Å²) < 4.78 is 33.5. The first-order valence-electron chi connectivity index (χ1n) is 10.3. The van der Waals surface area contributed by atoms with E-state index in [0.29, 0.717) is 5.92 Å². The molecule has 1 aliphatic rings. The highest BCUT2D eigenvalue weighted by atomic mass is 19.3. The van der Waals surface area contributed by atoms with Gasteiger partial charge in [0, 0.05) is 6.42 Å². The van der Waals surface area contributed by atoms with Gasteiger partial charge in [0.25, 0.3) is 0 Å². The van der Waals surface area contributed by atoms with E-state index in [1.54, 1.807) is 0 Å². The number of hydrogen-bond donors (Lipinski definition) is 0. The van der Waals surface area contributed by atoms with Crippen molar-refractivity contribution in [3.63, 3.8) is 0 Å². The Balaban J connectivity index is 1.72. The third kappa shape index (κ3) is 8.38. The molecule has 0 unspecified atom stereocenters. The fourth-order valence-corrected chi connectivity index (χ4v) is 3.88. The van der Waals surface area contributed by atoms with Crippen LogP contribution in [0.3, 0.4) is 0 Å². The predicted molar refractivity (Wildman–Crippen MR) is 109 cm³/mol. The molecule has 0 aliphatic heterocycles. The van der Waals surface area contributed by atoms with Crippen molar-refractivity contribution in [2.24, 2.45) is 11.8 Å². The van der Waals surface area contributed by atoms with Crippen molar-refractivity contribution in [1.82, 2.24) is 0 Å². The number of hydrogen-bond acceptors (Lipinski definition) is 1. The van der Waals surface area contributed by atoms with Crippen molar-refractivity contribution in [2.45, 2.75) is 77.4 Å². The third-order valence-corrected chi connectivity index (χ3v) is 5.58. The molecule has 0 heterocycles. The lowest BCUT2D eigenvalue weighted by molar-refractivity contribution is -0.256. The topological polar surface area (TPSA) is 9.23 Å². The van der Waals surface area contributed by atoms with Gasteiger partial charge in [-0.3, -0.25) is 0 Å². The normalized spacial score (nSPS) is 20.9. The molecule has 1 saturated carbocycles. The number of aryl methyl sites for hydroxylation is 1. The summed E-state index contributed by atoms with van der Waals surface area (Å²) in [6.45, 7) is 5.74. The van der Waals surface area contributed by atoms with Crippen LogP contribution in [0.5, 0.6) is 0 Å². The van der Waals surface area contributed by atoms with Gasteiger partial charge in [0.1, 0.15) is 0 Å². The number of alkyl halides is 2. The number of rotatable bonds is 11. The van der Waals surface area contributed by atoms with E-state index < -0.39 is 6.11 Å². The van der Waals surface area contributed by atoms with Crippen molar-refractivity contribution < 1.29 is 13.5 Å². The highest BCUT2D eigenvalue weighted by Crippen LogP contribution is 2.38. The molecule has 0 amide bonds. The minimum atomic E-state index is -3.04. The Hall–Kier alpha value is -1.48. The SMILES string of the molecule is C=CCCC1CCC(CC(F)(F)OCc2ccc(CC/C=C/C)cc2)CC1. The minimum Gasteiger partial charge on any atom is -0.316 e. The molecule has 27 heavy (non-hydrogen) atoms. The van der Waals surface area contributed by atoms with Crippen LogP contribution in [-0.4, -0.2) is 6.11 Å². The maximum Gasteiger partial charge on any atom is 0.356 e. The van der Waals surface area contributed by atoms with Gasteiger partial charge >= 0.3 is 6.11 Å². The van der Waals surface area contributed by atoms with E-state index in [4.69, 9.17) is 4.74 Å². The Morgan fingerprint density at radius 1 is 1.04 bits per heavy atom. The fraction of sp³-hybridized carbons (Fsp3) is 0.583.